The lowest BCUT2D eigenvalue weighted by Crippen LogP contribution is -2.44. The van der Waals surface area contributed by atoms with Gasteiger partial charge in [0.2, 0.25) is 5.95 Å². The molecule has 1 unspecified atom stereocenters. The van der Waals surface area contributed by atoms with Crippen molar-refractivity contribution in [2.75, 3.05) is 25.0 Å². The maximum Gasteiger partial charge on any atom is 0.410 e. The number of imidazole rings is 1. The molecule has 1 atom stereocenters. The SMILES string of the molecule is CC(C)(C)OC(=O)N1CCCC(CNc2nc3ccccc3n2Cc2ccccc2F)C1. The van der Waals surface area contributed by atoms with E-state index in [1.54, 1.807) is 17.0 Å². The summed E-state index contributed by atoms with van der Waals surface area (Å²) in [5.41, 5.74) is 1.94. The van der Waals surface area contributed by atoms with Gasteiger partial charge < -0.3 is 19.5 Å². The highest BCUT2D eigenvalue weighted by Gasteiger charge is 2.28. The third-order valence-electron chi connectivity index (χ3n) is 5.66. The minimum Gasteiger partial charge on any atom is -0.444 e. The van der Waals surface area contributed by atoms with Crippen molar-refractivity contribution in [1.82, 2.24) is 14.5 Å². The number of nitrogens with one attached hydrogen (secondary N) is 1. The molecule has 170 valence electrons. The van der Waals surface area contributed by atoms with Gasteiger partial charge in [0.05, 0.1) is 17.6 Å². The number of hydrogen-bond donors (Lipinski definition) is 1. The van der Waals surface area contributed by atoms with Crippen molar-refractivity contribution < 1.29 is 13.9 Å². The number of halogens is 1. The average Bonchev–Trinajstić information content (AvgIpc) is 3.10. The van der Waals surface area contributed by atoms with Crippen LogP contribution in [0, 0.1) is 11.7 Å². The van der Waals surface area contributed by atoms with Gasteiger partial charge in [-0.1, -0.05) is 30.3 Å². The fourth-order valence-electron chi connectivity index (χ4n) is 4.13. The van der Waals surface area contributed by atoms with Gasteiger partial charge in [-0.25, -0.2) is 14.2 Å². The molecule has 0 radical (unpaired) electrons. The topological polar surface area (TPSA) is 59.4 Å². The third kappa shape index (κ3) is 5.21. The van der Waals surface area contributed by atoms with Crippen LogP contribution in [0.25, 0.3) is 11.0 Å². The van der Waals surface area contributed by atoms with Gasteiger partial charge in [0.1, 0.15) is 11.4 Å². The monoisotopic (exact) mass is 438 g/mol. The van der Waals surface area contributed by atoms with Crippen molar-refractivity contribution in [3.63, 3.8) is 0 Å². The first-order chi connectivity index (χ1) is 15.3. The number of carbonyl (C=O) groups excluding carboxylic acids is 1. The normalized spacial score (nSPS) is 16.9. The molecule has 1 saturated heterocycles. The molecule has 1 N–H and O–H groups in total. The number of aromatic nitrogens is 2. The number of rotatable bonds is 5. The number of anilines is 1. The van der Waals surface area contributed by atoms with Gasteiger partial charge in [0, 0.05) is 25.2 Å². The van der Waals surface area contributed by atoms with Crippen molar-refractivity contribution >= 4 is 23.1 Å². The summed E-state index contributed by atoms with van der Waals surface area (Å²) in [5.74, 6) is 0.776. The largest absolute Gasteiger partial charge is 0.444 e. The molecule has 3 aromatic rings. The van der Waals surface area contributed by atoms with Crippen LogP contribution in [0.1, 0.15) is 39.2 Å². The first-order valence-electron chi connectivity index (χ1n) is 11.2. The Balaban J connectivity index is 1.48. The second kappa shape index (κ2) is 9.18. The predicted molar refractivity (Wildman–Crippen MR) is 124 cm³/mol. The summed E-state index contributed by atoms with van der Waals surface area (Å²) in [6.07, 6.45) is 1.71. The fourth-order valence-corrected chi connectivity index (χ4v) is 4.13. The van der Waals surface area contributed by atoms with Gasteiger partial charge in [0.25, 0.3) is 0 Å². The maximum absolute atomic E-state index is 14.3. The smallest absolute Gasteiger partial charge is 0.410 e. The van der Waals surface area contributed by atoms with Crippen LogP contribution in [0.3, 0.4) is 0 Å². The summed E-state index contributed by atoms with van der Waals surface area (Å²) in [6, 6.07) is 14.7. The van der Waals surface area contributed by atoms with E-state index in [0.29, 0.717) is 31.1 Å². The highest BCUT2D eigenvalue weighted by molar-refractivity contribution is 5.78. The maximum atomic E-state index is 14.3. The molecule has 1 aliphatic rings. The number of para-hydroxylation sites is 2. The van der Waals surface area contributed by atoms with Gasteiger partial charge >= 0.3 is 6.09 Å². The number of carbonyl (C=O) groups is 1. The van der Waals surface area contributed by atoms with E-state index in [1.807, 2.05) is 55.7 Å². The Morgan fingerprint density at radius 3 is 2.72 bits per heavy atom. The highest BCUT2D eigenvalue weighted by atomic mass is 19.1. The quantitative estimate of drug-likeness (QED) is 0.589. The lowest BCUT2D eigenvalue weighted by molar-refractivity contribution is 0.0172. The van der Waals surface area contributed by atoms with E-state index < -0.39 is 5.60 Å². The zero-order chi connectivity index (χ0) is 22.7. The molecule has 0 bridgehead atoms. The molecule has 7 heteroatoms. The van der Waals surface area contributed by atoms with Crippen LogP contribution < -0.4 is 5.32 Å². The number of hydrogen-bond acceptors (Lipinski definition) is 4. The molecule has 2 aromatic carbocycles. The third-order valence-corrected chi connectivity index (χ3v) is 5.66. The van der Waals surface area contributed by atoms with Crippen molar-refractivity contribution in [2.45, 2.75) is 45.8 Å². The molecule has 1 aliphatic heterocycles. The van der Waals surface area contributed by atoms with Crippen molar-refractivity contribution in [3.8, 4) is 0 Å². The molecule has 0 aliphatic carbocycles. The van der Waals surface area contributed by atoms with Gasteiger partial charge in [-0.3, -0.25) is 0 Å². The Kier molecular flexibility index (Phi) is 6.35. The number of piperidine rings is 1. The Morgan fingerprint density at radius 2 is 1.94 bits per heavy atom. The van der Waals surface area contributed by atoms with Gasteiger partial charge in [-0.2, -0.15) is 0 Å². The summed E-state index contributed by atoms with van der Waals surface area (Å²) < 4.78 is 21.9. The summed E-state index contributed by atoms with van der Waals surface area (Å²) in [6.45, 7) is 8.09. The Hall–Kier alpha value is -3.09. The van der Waals surface area contributed by atoms with E-state index >= 15 is 0 Å². The van der Waals surface area contributed by atoms with E-state index in [4.69, 9.17) is 9.72 Å². The van der Waals surface area contributed by atoms with Crippen LogP contribution >= 0.6 is 0 Å². The number of amides is 1. The van der Waals surface area contributed by atoms with Crippen molar-refractivity contribution in [1.29, 1.82) is 0 Å². The first-order valence-corrected chi connectivity index (χ1v) is 11.2. The number of ether oxygens (including phenoxy) is 1. The van der Waals surface area contributed by atoms with Crippen LogP contribution in [0.5, 0.6) is 0 Å². The molecule has 1 aromatic heterocycles. The first kappa shape index (κ1) is 22.1. The molecule has 2 heterocycles. The molecule has 1 fully saturated rings. The number of benzene rings is 2. The summed E-state index contributed by atoms with van der Waals surface area (Å²) in [5, 5.41) is 3.47. The van der Waals surface area contributed by atoms with Gasteiger partial charge in [-0.05, 0) is 57.7 Å². The van der Waals surface area contributed by atoms with E-state index in [-0.39, 0.29) is 17.8 Å². The molecule has 6 nitrogen and oxygen atoms in total. The minimum absolute atomic E-state index is 0.225. The van der Waals surface area contributed by atoms with E-state index in [1.165, 1.54) is 6.07 Å². The fraction of sp³-hybridized carbons (Fsp3) is 0.440. The average molecular weight is 439 g/mol. The molecule has 0 saturated carbocycles. The van der Waals surface area contributed by atoms with Gasteiger partial charge in [-0.15, -0.1) is 0 Å². The molecule has 32 heavy (non-hydrogen) atoms. The number of likely N-dealkylation sites (tertiary alicyclic amines) is 1. The Labute approximate surface area is 188 Å². The summed E-state index contributed by atoms with van der Waals surface area (Å²) >= 11 is 0. The standard InChI is InChI=1S/C25H31FN4O2/c1-25(2,3)32-24(31)29-14-8-9-18(16-29)15-27-23-28-21-12-6-7-13-22(21)30(23)17-19-10-4-5-11-20(19)26/h4-7,10-13,18H,8-9,14-17H2,1-3H3,(H,27,28). The van der Waals surface area contributed by atoms with Crippen LogP contribution in [0.2, 0.25) is 0 Å². The summed E-state index contributed by atoms with van der Waals surface area (Å²) in [4.78, 5) is 19.0. The van der Waals surface area contributed by atoms with E-state index in [9.17, 15) is 9.18 Å². The molecule has 4 rings (SSSR count). The van der Waals surface area contributed by atoms with Crippen LogP contribution in [-0.2, 0) is 11.3 Å². The van der Waals surface area contributed by atoms with Crippen LogP contribution in [0.15, 0.2) is 48.5 Å². The molecular formula is C25H31FN4O2. The van der Waals surface area contributed by atoms with Crippen molar-refractivity contribution in [3.05, 3.63) is 59.9 Å². The zero-order valence-electron chi connectivity index (χ0n) is 19.0. The van der Waals surface area contributed by atoms with Crippen molar-refractivity contribution in [2.24, 2.45) is 5.92 Å². The highest BCUT2D eigenvalue weighted by Crippen LogP contribution is 2.24. The van der Waals surface area contributed by atoms with Crippen LogP contribution in [-0.4, -0.2) is 45.8 Å². The molecule has 1 amide bonds. The van der Waals surface area contributed by atoms with Gasteiger partial charge in [0.15, 0.2) is 0 Å². The number of nitrogens with zero attached hydrogens (tertiary/aromatic N) is 3. The summed E-state index contributed by atoms with van der Waals surface area (Å²) in [7, 11) is 0. The zero-order valence-corrected chi connectivity index (χ0v) is 19.0. The van der Waals surface area contributed by atoms with E-state index in [0.717, 1.165) is 30.4 Å². The lowest BCUT2D eigenvalue weighted by atomic mass is 9.98. The molecular weight excluding hydrogens is 407 g/mol. The second-order valence-corrected chi connectivity index (χ2v) is 9.42. The second-order valence-electron chi connectivity index (χ2n) is 9.42. The Morgan fingerprint density at radius 1 is 1.19 bits per heavy atom. The predicted octanol–water partition coefficient (Wildman–Crippen LogP) is 5.28. The van der Waals surface area contributed by atoms with E-state index in [2.05, 4.69) is 5.32 Å². The minimum atomic E-state index is -0.500. The molecule has 0 spiro atoms. The lowest BCUT2D eigenvalue weighted by Gasteiger charge is -2.34. The van der Waals surface area contributed by atoms with Crippen LogP contribution in [0.4, 0.5) is 15.1 Å². The Bertz CT molecular complexity index is 1090. The number of fused-ring (bicyclic) bond motifs is 1.